The molecule has 146 valence electrons. The number of methoxy groups -OCH3 is 1. The molecule has 0 atom stereocenters. The van der Waals surface area contributed by atoms with Gasteiger partial charge in [0, 0.05) is 37.5 Å². The number of carbonyl (C=O) groups is 1. The minimum Gasteiger partial charge on any atom is -0.481 e. The second kappa shape index (κ2) is 8.56. The summed E-state index contributed by atoms with van der Waals surface area (Å²) in [5.41, 5.74) is 0.963. The van der Waals surface area contributed by atoms with E-state index >= 15 is 0 Å². The van der Waals surface area contributed by atoms with E-state index < -0.39 is 12.8 Å². The molecule has 0 fully saturated rings. The molecule has 0 aromatic carbocycles. The zero-order valence-electron chi connectivity index (χ0n) is 15.0. The highest BCUT2D eigenvalue weighted by Gasteiger charge is 2.28. The fourth-order valence-corrected chi connectivity index (χ4v) is 2.23. The highest BCUT2D eigenvalue weighted by Crippen LogP contribution is 2.23. The number of nitrogens with one attached hydrogen (secondary N) is 1. The first-order chi connectivity index (χ1) is 12.7. The zero-order valence-corrected chi connectivity index (χ0v) is 15.0. The Kier molecular flexibility index (Phi) is 6.43. The minimum absolute atomic E-state index is 0.0833. The van der Waals surface area contributed by atoms with Crippen molar-refractivity contribution in [3.05, 3.63) is 41.6 Å². The Morgan fingerprint density at radius 3 is 2.67 bits per heavy atom. The summed E-state index contributed by atoms with van der Waals surface area (Å²) in [5.74, 6) is 0.169. The van der Waals surface area contributed by atoms with Crippen molar-refractivity contribution in [2.45, 2.75) is 12.7 Å². The van der Waals surface area contributed by atoms with Gasteiger partial charge in [-0.25, -0.2) is 4.98 Å². The number of hydrogen-bond acceptors (Lipinski definition) is 6. The fourth-order valence-electron chi connectivity index (χ4n) is 2.23. The molecule has 0 aliphatic carbocycles. The molecule has 2 heterocycles. The Hall–Kier alpha value is -3.04. The molecule has 2 aromatic heterocycles. The lowest BCUT2D eigenvalue weighted by atomic mass is 10.2. The second-order valence-corrected chi connectivity index (χ2v) is 5.56. The third-order valence-electron chi connectivity index (χ3n) is 3.51. The molecule has 0 unspecified atom stereocenters. The number of amides is 1. The van der Waals surface area contributed by atoms with Gasteiger partial charge in [0.15, 0.2) is 6.61 Å². The Labute approximate surface area is 154 Å². The summed E-state index contributed by atoms with van der Waals surface area (Å²) in [7, 11) is 4.62. The van der Waals surface area contributed by atoms with Gasteiger partial charge in [0.2, 0.25) is 11.8 Å². The quantitative estimate of drug-likeness (QED) is 0.791. The van der Waals surface area contributed by atoms with Crippen LogP contribution in [0.25, 0.3) is 0 Å². The topological polar surface area (TPSA) is 76.6 Å². The smallest absolute Gasteiger partial charge is 0.422 e. The molecule has 1 amide bonds. The predicted octanol–water partition coefficient (Wildman–Crippen LogP) is 2.74. The van der Waals surface area contributed by atoms with E-state index in [1.54, 1.807) is 26.2 Å². The highest BCUT2D eigenvalue weighted by atomic mass is 19.4. The minimum atomic E-state index is -4.46. The van der Waals surface area contributed by atoms with Crippen LogP contribution in [-0.4, -0.2) is 54.8 Å². The molecular formula is C17H19F3N4O3. The Morgan fingerprint density at radius 1 is 1.30 bits per heavy atom. The molecule has 2 rings (SSSR count). The molecule has 0 spiro atoms. The molecule has 0 saturated carbocycles. The van der Waals surface area contributed by atoms with Crippen molar-refractivity contribution >= 4 is 11.7 Å². The Morgan fingerprint density at radius 2 is 2.04 bits per heavy atom. The van der Waals surface area contributed by atoms with Crippen LogP contribution in [0.3, 0.4) is 0 Å². The standard InChI is InChI=1S/C17H19F3N4O3/c1-21-13-8-11(6-7-22-13)16(25)24(2)9-12-4-5-14(23-15(12)26-3)27-10-17(18,19)20/h4-8H,9-10H2,1-3H3,(H,21,22). The number of rotatable bonds is 7. The third kappa shape index (κ3) is 5.73. The Bertz CT molecular complexity index is 799. The van der Waals surface area contributed by atoms with Gasteiger partial charge in [-0.1, -0.05) is 0 Å². The van der Waals surface area contributed by atoms with E-state index in [0.29, 0.717) is 16.9 Å². The van der Waals surface area contributed by atoms with Gasteiger partial charge < -0.3 is 19.7 Å². The molecule has 1 N–H and O–H groups in total. The fraction of sp³-hybridized carbons (Fsp3) is 0.353. The molecule has 0 saturated heterocycles. The number of nitrogens with zero attached hydrogens (tertiary/aromatic N) is 3. The second-order valence-electron chi connectivity index (χ2n) is 5.56. The summed E-state index contributed by atoms with van der Waals surface area (Å²) >= 11 is 0. The first kappa shape index (κ1) is 20.3. The van der Waals surface area contributed by atoms with Gasteiger partial charge in [0.05, 0.1) is 13.7 Å². The van der Waals surface area contributed by atoms with E-state index in [1.165, 1.54) is 30.3 Å². The molecular weight excluding hydrogens is 365 g/mol. The van der Waals surface area contributed by atoms with Crippen molar-refractivity contribution in [2.24, 2.45) is 0 Å². The van der Waals surface area contributed by atoms with E-state index in [2.05, 4.69) is 20.0 Å². The van der Waals surface area contributed by atoms with Crippen LogP contribution in [0.15, 0.2) is 30.5 Å². The lowest BCUT2D eigenvalue weighted by Crippen LogP contribution is -2.26. The third-order valence-corrected chi connectivity index (χ3v) is 3.51. The van der Waals surface area contributed by atoms with Gasteiger partial charge in [0.25, 0.3) is 5.91 Å². The lowest BCUT2D eigenvalue weighted by Gasteiger charge is -2.19. The molecule has 7 nitrogen and oxygen atoms in total. The van der Waals surface area contributed by atoms with Crippen LogP contribution >= 0.6 is 0 Å². The first-order valence-corrected chi connectivity index (χ1v) is 7.86. The van der Waals surface area contributed by atoms with Gasteiger partial charge in [0.1, 0.15) is 5.82 Å². The summed E-state index contributed by atoms with van der Waals surface area (Å²) in [4.78, 5) is 21.9. The largest absolute Gasteiger partial charge is 0.481 e. The van der Waals surface area contributed by atoms with Crippen LogP contribution < -0.4 is 14.8 Å². The van der Waals surface area contributed by atoms with Gasteiger partial charge in [-0.2, -0.15) is 18.2 Å². The first-order valence-electron chi connectivity index (χ1n) is 7.86. The number of aromatic nitrogens is 2. The molecule has 0 radical (unpaired) electrons. The van der Waals surface area contributed by atoms with E-state index in [0.717, 1.165) is 0 Å². The lowest BCUT2D eigenvalue weighted by molar-refractivity contribution is -0.154. The van der Waals surface area contributed by atoms with Crippen LogP contribution in [0, 0.1) is 0 Å². The van der Waals surface area contributed by atoms with Crippen molar-refractivity contribution in [1.82, 2.24) is 14.9 Å². The van der Waals surface area contributed by atoms with Crippen molar-refractivity contribution in [1.29, 1.82) is 0 Å². The molecule has 27 heavy (non-hydrogen) atoms. The SMILES string of the molecule is CNc1cc(C(=O)N(C)Cc2ccc(OCC(F)(F)F)nc2OC)ccn1. The van der Waals surface area contributed by atoms with E-state index in [4.69, 9.17) is 4.74 Å². The number of hydrogen-bond donors (Lipinski definition) is 1. The van der Waals surface area contributed by atoms with Crippen molar-refractivity contribution in [2.75, 3.05) is 33.1 Å². The number of pyridine rings is 2. The normalized spacial score (nSPS) is 11.0. The number of ether oxygens (including phenoxy) is 2. The van der Waals surface area contributed by atoms with Crippen LogP contribution in [0.5, 0.6) is 11.8 Å². The average molecular weight is 384 g/mol. The summed E-state index contributed by atoms with van der Waals surface area (Å²) in [5, 5.41) is 2.85. The van der Waals surface area contributed by atoms with E-state index in [1.807, 2.05) is 0 Å². The van der Waals surface area contributed by atoms with E-state index in [9.17, 15) is 18.0 Å². The van der Waals surface area contributed by atoms with Gasteiger partial charge in [-0.3, -0.25) is 4.79 Å². The van der Waals surface area contributed by atoms with E-state index in [-0.39, 0.29) is 24.2 Å². The molecule has 0 bridgehead atoms. The average Bonchev–Trinajstić information content (AvgIpc) is 2.65. The number of alkyl halides is 3. The maximum atomic E-state index is 12.6. The summed E-state index contributed by atoms with van der Waals surface area (Å²) in [6, 6.07) is 6.01. The maximum absolute atomic E-state index is 12.6. The predicted molar refractivity (Wildman–Crippen MR) is 91.9 cm³/mol. The maximum Gasteiger partial charge on any atom is 0.422 e. The summed E-state index contributed by atoms with van der Waals surface area (Å²) < 4.78 is 46.4. The monoisotopic (exact) mass is 384 g/mol. The Balaban J connectivity index is 2.12. The molecule has 0 aliphatic rings. The van der Waals surface area contributed by atoms with Gasteiger partial charge in [-0.05, 0) is 18.2 Å². The highest BCUT2D eigenvalue weighted by molar-refractivity contribution is 5.94. The number of halogens is 3. The summed E-state index contributed by atoms with van der Waals surface area (Å²) in [6.45, 7) is -1.30. The van der Waals surface area contributed by atoms with Crippen molar-refractivity contribution in [3.8, 4) is 11.8 Å². The number of anilines is 1. The van der Waals surface area contributed by atoms with Gasteiger partial charge >= 0.3 is 6.18 Å². The van der Waals surface area contributed by atoms with Crippen molar-refractivity contribution < 1.29 is 27.4 Å². The van der Waals surface area contributed by atoms with Crippen LogP contribution in [0.2, 0.25) is 0 Å². The molecule has 2 aromatic rings. The summed E-state index contributed by atoms with van der Waals surface area (Å²) in [6.07, 6.45) is -2.95. The van der Waals surface area contributed by atoms with Crippen LogP contribution in [0.4, 0.5) is 19.0 Å². The molecule has 0 aliphatic heterocycles. The van der Waals surface area contributed by atoms with Crippen LogP contribution in [-0.2, 0) is 6.54 Å². The van der Waals surface area contributed by atoms with Crippen LogP contribution in [0.1, 0.15) is 15.9 Å². The van der Waals surface area contributed by atoms with Crippen molar-refractivity contribution in [3.63, 3.8) is 0 Å². The zero-order chi connectivity index (χ0) is 20.0. The molecule has 10 heteroatoms. The number of carbonyl (C=O) groups excluding carboxylic acids is 1. The van der Waals surface area contributed by atoms with Gasteiger partial charge in [-0.15, -0.1) is 0 Å².